The molecule has 4 rings (SSSR count). The number of carbonyl (C=O) groups excluding carboxylic acids is 4. The first kappa shape index (κ1) is 35.1. The van der Waals surface area contributed by atoms with Crippen molar-refractivity contribution < 1.29 is 28.7 Å². The summed E-state index contributed by atoms with van der Waals surface area (Å²) >= 11 is 7.37. The molecule has 10 nitrogen and oxygen atoms in total. The Morgan fingerprint density at radius 3 is 2.55 bits per heavy atom. The predicted octanol–water partition coefficient (Wildman–Crippen LogP) is 5.00. The molecule has 1 saturated carbocycles. The molecule has 44 heavy (non-hydrogen) atoms. The van der Waals surface area contributed by atoms with Crippen LogP contribution in [0.25, 0.3) is 10.9 Å². The number of benzene rings is 2. The van der Waals surface area contributed by atoms with Crippen molar-refractivity contribution in [3.05, 3.63) is 58.7 Å². The highest BCUT2D eigenvalue weighted by Gasteiger charge is 2.24. The lowest BCUT2D eigenvalue weighted by atomic mass is 10.0. The summed E-state index contributed by atoms with van der Waals surface area (Å²) in [4.78, 5) is 51.9. The number of primary amides is 1. The highest BCUT2D eigenvalue weighted by molar-refractivity contribution is 8.14. The Bertz CT molecular complexity index is 1500. The SMILES string of the molecule is Cl.NCC(=O)SCC(=O)NCCCCCOc1cc2nccc(Oc3ccc(CC(=O)CC4CC4)c(Cl)c3)c2cc1C(N)=O. The fourth-order valence-corrected chi connectivity index (χ4v) is 5.16. The van der Waals surface area contributed by atoms with Crippen molar-refractivity contribution >= 4 is 69.4 Å². The van der Waals surface area contributed by atoms with E-state index in [-0.39, 0.29) is 47.1 Å². The molecule has 13 heteroatoms. The van der Waals surface area contributed by atoms with Gasteiger partial charge in [-0.15, -0.1) is 12.4 Å². The first-order valence-corrected chi connectivity index (χ1v) is 15.6. The van der Waals surface area contributed by atoms with E-state index in [1.807, 2.05) is 0 Å². The molecular formula is C31H36Cl2N4O6S. The van der Waals surface area contributed by atoms with E-state index in [0.717, 1.165) is 43.0 Å². The molecule has 3 aromatic rings. The number of fused-ring (bicyclic) bond motifs is 1. The molecular weight excluding hydrogens is 627 g/mol. The smallest absolute Gasteiger partial charge is 0.252 e. The van der Waals surface area contributed by atoms with Crippen molar-refractivity contribution in [2.24, 2.45) is 17.4 Å². The normalized spacial score (nSPS) is 12.3. The van der Waals surface area contributed by atoms with Crippen LogP contribution in [0.4, 0.5) is 0 Å². The molecule has 2 amide bonds. The van der Waals surface area contributed by atoms with Gasteiger partial charge in [0.25, 0.3) is 5.91 Å². The maximum Gasteiger partial charge on any atom is 0.252 e. The quantitative estimate of drug-likeness (QED) is 0.169. The van der Waals surface area contributed by atoms with Gasteiger partial charge in [-0.25, -0.2) is 0 Å². The van der Waals surface area contributed by atoms with Crippen LogP contribution in [0, 0.1) is 5.92 Å². The highest BCUT2D eigenvalue weighted by atomic mass is 35.5. The Hall–Kier alpha value is -3.38. The monoisotopic (exact) mass is 662 g/mol. The van der Waals surface area contributed by atoms with Crippen LogP contribution in [0.5, 0.6) is 17.2 Å². The number of halogens is 2. The topological polar surface area (TPSA) is 164 Å². The number of nitrogens with one attached hydrogen (secondary N) is 1. The summed E-state index contributed by atoms with van der Waals surface area (Å²) in [5.41, 5.74) is 12.4. The molecule has 236 valence electrons. The maximum atomic E-state index is 12.3. The van der Waals surface area contributed by atoms with Crippen molar-refractivity contribution in [2.45, 2.75) is 44.9 Å². The lowest BCUT2D eigenvalue weighted by Crippen LogP contribution is -2.27. The number of ketones is 1. The number of nitrogens with two attached hydrogens (primary N) is 2. The molecule has 1 heterocycles. The van der Waals surface area contributed by atoms with Crippen molar-refractivity contribution in [1.82, 2.24) is 10.3 Å². The fourth-order valence-electron chi connectivity index (χ4n) is 4.41. The van der Waals surface area contributed by atoms with E-state index in [1.165, 1.54) is 0 Å². The second kappa shape index (κ2) is 17.2. The van der Waals surface area contributed by atoms with Gasteiger partial charge in [0.2, 0.25) is 11.0 Å². The van der Waals surface area contributed by atoms with Crippen LogP contribution in [0.1, 0.15) is 54.4 Å². The number of hydrogen-bond acceptors (Lipinski definition) is 9. The Balaban J connectivity index is 0.00000529. The molecule has 2 aromatic carbocycles. The molecule has 0 saturated heterocycles. The number of pyridine rings is 1. The molecule has 1 aliphatic rings. The minimum Gasteiger partial charge on any atom is -0.493 e. The molecule has 0 unspecified atom stereocenters. The van der Waals surface area contributed by atoms with Gasteiger partial charge >= 0.3 is 0 Å². The van der Waals surface area contributed by atoms with Crippen LogP contribution in [-0.4, -0.2) is 53.1 Å². The number of thioether (sulfide) groups is 1. The number of hydrogen-bond donors (Lipinski definition) is 3. The average Bonchev–Trinajstić information content (AvgIpc) is 3.80. The summed E-state index contributed by atoms with van der Waals surface area (Å²) in [7, 11) is 0. The zero-order chi connectivity index (χ0) is 30.8. The lowest BCUT2D eigenvalue weighted by molar-refractivity contribution is -0.119. The number of nitrogens with zero attached hydrogens (tertiary/aromatic N) is 1. The number of aromatic nitrogens is 1. The second-order valence-corrected chi connectivity index (χ2v) is 11.8. The van der Waals surface area contributed by atoms with Crippen LogP contribution in [0.2, 0.25) is 5.02 Å². The Kier molecular flexibility index (Phi) is 13.7. The summed E-state index contributed by atoms with van der Waals surface area (Å²) in [6.45, 7) is 0.731. The van der Waals surface area contributed by atoms with Crippen molar-refractivity contribution in [3.8, 4) is 17.2 Å². The number of carbonyl (C=O) groups is 4. The van der Waals surface area contributed by atoms with Crippen LogP contribution >= 0.6 is 35.8 Å². The molecule has 5 N–H and O–H groups in total. The fraction of sp³-hybridized carbons (Fsp3) is 0.387. The minimum absolute atomic E-state index is 0. The molecule has 0 bridgehead atoms. The number of rotatable bonds is 17. The third kappa shape index (κ3) is 10.7. The van der Waals surface area contributed by atoms with Crippen LogP contribution in [-0.2, 0) is 20.8 Å². The summed E-state index contributed by atoms with van der Waals surface area (Å²) in [5.74, 6) is 1.18. The summed E-state index contributed by atoms with van der Waals surface area (Å²) in [5, 5.41) is 3.57. The zero-order valence-electron chi connectivity index (χ0n) is 24.1. The summed E-state index contributed by atoms with van der Waals surface area (Å²) in [6.07, 6.45) is 6.94. The van der Waals surface area contributed by atoms with Crippen LogP contribution < -0.4 is 26.3 Å². The zero-order valence-corrected chi connectivity index (χ0v) is 26.5. The molecule has 0 radical (unpaired) electrons. The van der Waals surface area contributed by atoms with Gasteiger partial charge in [0, 0.05) is 42.1 Å². The Morgan fingerprint density at radius 2 is 1.84 bits per heavy atom. The van der Waals surface area contributed by atoms with Gasteiger partial charge in [0.1, 0.15) is 23.0 Å². The van der Waals surface area contributed by atoms with E-state index in [4.69, 9.17) is 32.5 Å². The van der Waals surface area contributed by atoms with E-state index in [9.17, 15) is 19.2 Å². The van der Waals surface area contributed by atoms with Gasteiger partial charge < -0.3 is 26.3 Å². The predicted molar refractivity (Wildman–Crippen MR) is 174 cm³/mol. The van der Waals surface area contributed by atoms with Gasteiger partial charge in [0.15, 0.2) is 0 Å². The largest absolute Gasteiger partial charge is 0.493 e. The van der Waals surface area contributed by atoms with Crippen molar-refractivity contribution in [3.63, 3.8) is 0 Å². The number of unbranched alkanes of at least 4 members (excludes halogenated alkanes) is 2. The van der Waals surface area contributed by atoms with E-state index in [0.29, 0.717) is 71.5 Å². The van der Waals surface area contributed by atoms with E-state index in [2.05, 4.69) is 10.3 Å². The number of Topliss-reactive ketones (excluding diaryl/α,β-unsaturated/α-hetero) is 1. The maximum absolute atomic E-state index is 12.3. The van der Waals surface area contributed by atoms with Gasteiger partial charge in [-0.1, -0.05) is 29.4 Å². The van der Waals surface area contributed by atoms with Gasteiger partial charge in [-0.3, -0.25) is 24.2 Å². The average molecular weight is 664 g/mol. The summed E-state index contributed by atoms with van der Waals surface area (Å²) < 4.78 is 12.0. The number of ether oxygens (including phenoxy) is 2. The molecule has 1 fully saturated rings. The second-order valence-electron chi connectivity index (χ2n) is 10.4. The summed E-state index contributed by atoms with van der Waals surface area (Å²) in [6, 6.07) is 10.2. The van der Waals surface area contributed by atoms with E-state index >= 15 is 0 Å². The third-order valence-corrected chi connectivity index (χ3v) is 8.10. The van der Waals surface area contributed by atoms with Gasteiger partial charge in [-0.05, 0) is 67.9 Å². The standard InChI is InChI=1S/C31H35ClN4O6S.ClH/c32-25-14-22(7-6-20(25)13-21(37)12-19-4-5-19)42-27-8-10-35-26-16-28(24(31(34)40)15-23(26)27)41-11-3-1-2-9-36-29(38)18-43-30(39)17-33;/h6-8,10,14-16,19H,1-5,9,11-13,17-18,33H2,(H2,34,40)(H,36,38);1H. The highest BCUT2D eigenvalue weighted by Crippen LogP contribution is 2.36. The van der Waals surface area contributed by atoms with Crippen molar-refractivity contribution in [2.75, 3.05) is 25.4 Å². The van der Waals surface area contributed by atoms with E-state index < -0.39 is 5.91 Å². The minimum atomic E-state index is -0.649. The first-order valence-electron chi connectivity index (χ1n) is 14.2. The third-order valence-electron chi connectivity index (χ3n) is 6.85. The van der Waals surface area contributed by atoms with Crippen LogP contribution in [0.3, 0.4) is 0 Å². The van der Waals surface area contributed by atoms with Crippen LogP contribution in [0.15, 0.2) is 42.6 Å². The Morgan fingerprint density at radius 1 is 1.05 bits per heavy atom. The number of amides is 2. The first-order chi connectivity index (χ1) is 20.7. The molecule has 1 aliphatic carbocycles. The molecule has 1 aromatic heterocycles. The molecule has 0 spiro atoms. The lowest BCUT2D eigenvalue weighted by Gasteiger charge is -2.14. The molecule has 0 aliphatic heterocycles. The van der Waals surface area contributed by atoms with Gasteiger partial charge in [0.05, 0.1) is 30.0 Å². The van der Waals surface area contributed by atoms with Crippen molar-refractivity contribution in [1.29, 1.82) is 0 Å². The Labute approximate surface area is 271 Å². The molecule has 0 atom stereocenters. The van der Waals surface area contributed by atoms with Gasteiger partial charge in [-0.2, -0.15) is 0 Å². The van der Waals surface area contributed by atoms with E-state index in [1.54, 1.807) is 42.6 Å².